The summed E-state index contributed by atoms with van der Waals surface area (Å²) in [4.78, 5) is 0. The average Bonchev–Trinajstić information content (AvgIpc) is 2.06. The monoisotopic (exact) mass is 196 g/mol. The summed E-state index contributed by atoms with van der Waals surface area (Å²) in [5, 5.41) is 0. The first kappa shape index (κ1) is 9.91. The van der Waals surface area contributed by atoms with E-state index in [1.165, 1.54) is 0 Å². The second kappa shape index (κ2) is 4.18. The first-order valence-corrected chi connectivity index (χ1v) is 5.19. The molecule has 0 aromatic carbocycles. The van der Waals surface area contributed by atoms with Crippen molar-refractivity contribution in [3.63, 3.8) is 0 Å². The van der Waals surface area contributed by atoms with Crippen LogP contribution in [0.15, 0.2) is 0 Å². The summed E-state index contributed by atoms with van der Waals surface area (Å²) in [7, 11) is -2.29. The molecule has 72 valence electrons. The quantitative estimate of drug-likeness (QED) is 0.563. The van der Waals surface area contributed by atoms with Crippen LogP contribution in [0.3, 0.4) is 0 Å². The minimum absolute atomic E-state index is 0.135. The number of rotatable bonds is 3. The van der Waals surface area contributed by atoms with Crippen LogP contribution in [0.2, 0.25) is 0 Å². The summed E-state index contributed by atoms with van der Waals surface area (Å²) in [5.74, 6) is -0.135. The molecule has 12 heavy (non-hydrogen) atoms. The van der Waals surface area contributed by atoms with Gasteiger partial charge in [-0.15, -0.1) is 0 Å². The molecule has 0 aliphatic carbocycles. The summed E-state index contributed by atoms with van der Waals surface area (Å²) < 4.78 is 36.3. The Morgan fingerprint density at radius 1 is 1.50 bits per heavy atom. The number of hydrogen-bond acceptors (Lipinski definition) is 5. The van der Waals surface area contributed by atoms with Crippen LogP contribution in [0.5, 0.6) is 0 Å². The zero-order valence-electron chi connectivity index (χ0n) is 6.86. The number of ether oxygens (including phenoxy) is 2. The van der Waals surface area contributed by atoms with Crippen molar-refractivity contribution in [2.24, 2.45) is 0 Å². The van der Waals surface area contributed by atoms with Gasteiger partial charge in [-0.05, 0) is 0 Å². The van der Waals surface area contributed by atoms with Gasteiger partial charge in [-0.25, -0.2) is 0 Å². The van der Waals surface area contributed by atoms with Gasteiger partial charge in [0.2, 0.25) is 0 Å². The Hall–Kier alpha value is -0.170. The van der Waals surface area contributed by atoms with Crippen molar-refractivity contribution in [2.75, 3.05) is 32.7 Å². The van der Waals surface area contributed by atoms with E-state index < -0.39 is 10.1 Å². The van der Waals surface area contributed by atoms with Crippen molar-refractivity contribution in [1.29, 1.82) is 0 Å². The first-order chi connectivity index (χ1) is 5.64. The molecule has 0 radical (unpaired) electrons. The summed E-state index contributed by atoms with van der Waals surface area (Å²) in [6, 6.07) is 0. The van der Waals surface area contributed by atoms with Gasteiger partial charge in [-0.2, -0.15) is 8.42 Å². The third-order valence-corrected chi connectivity index (χ3v) is 2.82. The molecule has 1 saturated heterocycles. The third kappa shape index (κ3) is 3.06. The average molecular weight is 196 g/mol. The summed E-state index contributed by atoms with van der Waals surface area (Å²) >= 11 is 0. The van der Waals surface area contributed by atoms with Gasteiger partial charge >= 0.3 is 0 Å². The van der Waals surface area contributed by atoms with Crippen molar-refractivity contribution in [2.45, 2.75) is 6.10 Å². The Bertz CT molecular complexity index is 216. The minimum atomic E-state index is -3.42. The largest absolute Gasteiger partial charge is 0.376 e. The molecular formula is C6H12O5S. The molecule has 1 fully saturated rings. The molecule has 0 aromatic heterocycles. The Labute approximate surface area is 71.7 Å². The maximum Gasteiger partial charge on any atom is 0.269 e. The smallest absolute Gasteiger partial charge is 0.269 e. The van der Waals surface area contributed by atoms with E-state index in [0.717, 1.165) is 7.11 Å². The highest BCUT2D eigenvalue weighted by Crippen LogP contribution is 2.04. The van der Waals surface area contributed by atoms with Crippen LogP contribution < -0.4 is 0 Å². The molecule has 0 saturated carbocycles. The fourth-order valence-corrected chi connectivity index (χ4v) is 1.71. The molecule has 0 bridgehead atoms. The molecular weight excluding hydrogens is 184 g/mol. The minimum Gasteiger partial charge on any atom is -0.376 e. The van der Waals surface area contributed by atoms with E-state index in [4.69, 9.17) is 9.47 Å². The molecule has 0 aromatic rings. The highest BCUT2D eigenvalue weighted by atomic mass is 32.2. The van der Waals surface area contributed by atoms with Crippen molar-refractivity contribution in [3.8, 4) is 0 Å². The Balaban J connectivity index is 2.39. The van der Waals surface area contributed by atoms with E-state index in [-0.39, 0.29) is 11.9 Å². The lowest BCUT2D eigenvalue weighted by Gasteiger charge is -2.21. The van der Waals surface area contributed by atoms with Gasteiger partial charge in [0.25, 0.3) is 10.1 Å². The molecule has 1 atom stereocenters. The second-order valence-electron chi connectivity index (χ2n) is 2.46. The Kier molecular flexibility index (Phi) is 3.45. The van der Waals surface area contributed by atoms with Gasteiger partial charge in [-0.3, -0.25) is 4.18 Å². The fraction of sp³-hybridized carbons (Fsp3) is 1.00. The van der Waals surface area contributed by atoms with Crippen molar-refractivity contribution in [1.82, 2.24) is 0 Å². The van der Waals surface area contributed by atoms with Crippen LogP contribution in [0.25, 0.3) is 0 Å². The van der Waals surface area contributed by atoms with Gasteiger partial charge in [0.05, 0.1) is 33.0 Å². The lowest BCUT2D eigenvalue weighted by atomic mass is 10.4. The van der Waals surface area contributed by atoms with Gasteiger partial charge in [-0.1, -0.05) is 0 Å². The molecule has 1 heterocycles. The molecule has 1 aliphatic rings. The second-order valence-corrected chi connectivity index (χ2v) is 4.24. The van der Waals surface area contributed by atoms with Crippen molar-refractivity contribution in [3.05, 3.63) is 0 Å². The van der Waals surface area contributed by atoms with Gasteiger partial charge in [0.1, 0.15) is 5.75 Å². The number of hydrogen-bond donors (Lipinski definition) is 0. The molecule has 1 aliphatic heterocycles. The van der Waals surface area contributed by atoms with E-state index in [1.54, 1.807) is 0 Å². The summed E-state index contributed by atoms with van der Waals surface area (Å²) in [6.07, 6.45) is -0.385. The standard InChI is InChI=1S/C6H12O5S/c1-9-12(7,8)5-6-4-10-2-3-11-6/h6H,2-5H2,1H3/t6-/m1/s1. The molecule has 1 rings (SSSR count). The molecule has 0 unspecified atom stereocenters. The highest BCUT2D eigenvalue weighted by molar-refractivity contribution is 7.86. The maximum absolute atomic E-state index is 10.9. The van der Waals surface area contributed by atoms with Crippen LogP contribution in [-0.2, 0) is 23.8 Å². The first-order valence-electron chi connectivity index (χ1n) is 3.62. The molecule has 6 heteroatoms. The van der Waals surface area contributed by atoms with E-state index >= 15 is 0 Å². The molecule has 5 nitrogen and oxygen atoms in total. The van der Waals surface area contributed by atoms with E-state index in [1.807, 2.05) is 0 Å². The van der Waals surface area contributed by atoms with Crippen LogP contribution in [-0.4, -0.2) is 47.2 Å². The van der Waals surface area contributed by atoms with Crippen molar-refractivity contribution < 1.29 is 22.1 Å². The maximum atomic E-state index is 10.9. The Morgan fingerprint density at radius 2 is 2.25 bits per heavy atom. The predicted molar refractivity (Wildman–Crippen MR) is 41.4 cm³/mol. The van der Waals surface area contributed by atoms with Gasteiger partial charge in [0, 0.05) is 0 Å². The lowest BCUT2D eigenvalue weighted by molar-refractivity contribution is -0.0787. The van der Waals surface area contributed by atoms with E-state index in [0.29, 0.717) is 19.8 Å². The molecule has 0 spiro atoms. The Morgan fingerprint density at radius 3 is 2.75 bits per heavy atom. The van der Waals surface area contributed by atoms with E-state index in [9.17, 15) is 8.42 Å². The van der Waals surface area contributed by atoms with Crippen molar-refractivity contribution >= 4 is 10.1 Å². The summed E-state index contributed by atoms with van der Waals surface area (Å²) in [5.41, 5.74) is 0. The van der Waals surface area contributed by atoms with E-state index in [2.05, 4.69) is 4.18 Å². The van der Waals surface area contributed by atoms with Crippen LogP contribution in [0.1, 0.15) is 0 Å². The van der Waals surface area contributed by atoms with Crippen LogP contribution >= 0.6 is 0 Å². The van der Waals surface area contributed by atoms with Crippen LogP contribution in [0.4, 0.5) is 0 Å². The predicted octanol–water partition coefficient (Wildman–Crippen LogP) is -0.622. The zero-order valence-corrected chi connectivity index (χ0v) is 7.67. The topological polar surface area (TPSA) is 61.8 Å². The van der Waals surface area contributed by atoms with Gasteiger partial charge < -0.3 is 9.47 Å². The fourth-order valence-electron chi connectivity index (χ4n) is 0.929. The van der Waals surface area contributed by atoms with Gasteiger partial charge in [0.15, 0.2) is 0 Å². The summed E-state index contributed by atoms with van der Waals surface area (Å²) in [6.45, 7) is 1.30. The van der Waals surface area contributed by atoms with Crippen LogP contribution in [0, 0.1) is 0 Å². The lowest BCUT2D eigenvalue weighted by Crippen LogP contribution is -2.34. The third-order valence-electron chi connectivity index (χ3n) is 1.53. The SMILES string of the molecule is COS(=O)(=O)C[C@H]1COCCO1. The molecule has 0 N–H and O–H groups in total. The highest BCUT2D eigenvalue weighted by Gasteiger charge is 2.21. The zero-order chi connectivity index (χ0) is 9.03. The normalized spacial score (nSPS) is 25.6. The molecule has 0 amide bonds.